The summed E-state index contributed by atoms with van der Waals surface area (Å²) < 4.78 is 33.2. The third-order valence-corrected chi connectivity index (χ3v) is 6.71. The van der Waals surface area contributed by atoms with Crippen molar-refractivity contribution in [1.82, 2.24) is 10.0 Å². The van der Waals surface area contributed by atoms with E-state index in [-0.39, 0.29) is 12.1 Å². The molecule has 5 nitrogen and oxygen atoms in total. The highest BCUT2D eigenvalue weighted by molar-refractivity contribution is 7.91. The molecule has 0 radical (unpaired) electrons. The van der Waals surface area contributed by atoms with Crippen LogP contribution in [0.15, 0.2) is 16.3 Å². The number of rotatable bonds is 7. The van der Waals surface area contributed by atoms with Gasteiger partial charge in [0.15, 0.2) is 0 Å². The van der Waals surface area contributed by atoms with Gasteiger partial charge in [0.25, 0.3) is 0 Å². The molecule has 1 heterocycles. The first-order chi connectivity index (χ1) is 9.56. The highest BCUT2D eigenvalue weighted by Crippen LogP contribution is 2.26. The molecule has 0 spiro atoms. The first-order valence-electron chi connectivity index (χ1n) is 6.85. The average Bonchev–Trinajstić information content (AvgIpc) is 3.04. The van der Waals surface area contributed by atoms with E-state index in [1.54, 1.807) is 13.2 Å². The molecule has 1 aliphatic carbocycles. The van der Waals surface area contributed by atoms with Crippen LogP contribution >= 0.6 is 11.3 Å². The van der Waals surface area contributed by atoms with Crippen molar-refractivity contribution in [2.75, 3.05) is 20.7 Å². The van der Waals surface area contributed by atoms with E-state index in [1.165, 1.54) is 11.3 Å². The molecule has 1 aromatic rings. The molecule has 1 fully saturated rings. The van der Waals surface area contributed by atoms with Gasteiger partial charge in [-0.15, -0.1) is 11.3 Å². The smallest absolute Gasteiger partial charge is 0.250 e. The third kappa shape index (κ3) is 3.79. The van der Waals surface area contributed by atoms with Gasteiger partial charge in [-0.25, -0.2) is 13.1 Å². The van der Waals surface area contributed by atoms with Crippen LogP contribution in [0.2, 0.25) is 0 Å². The van der Waals surface area contributed by atoms with Gasteiger partial charge in [0.2, 0.25) is 10.0 Å². The molecule has 1 aromatic heterocycles. The van der Waals surface area contributed by atoms with E-state index >= 15 is 0 Å². The van der Waals surface area contributed by atoms with Crippen LogP contribution < -0.4 is 10.0 Å². The maximum absolute atomic E-state index is 12.4. The Labute approximate surface area is 124 Å². The van der Waals surface area contributed by atoms with Crippen molar-refractivity contribution in [2.45, 2.75) is 42.0 Å². The van der Waals surface area contributed by atoms with E-state index in [0.29, 0.717) is 4.21 Å². The second-order valence-corrected chi connectivity index (χ2v) is 8.12. The summed E-state index contributed by atoms with van der Waals surface area (Å²) >= 11 is 1.34. The molecular formula is C13H22N2O3S2. The van der Waals surface area contributed by atoms with Crippen molar-refractivity contribution in [1.29, 1.82) is 0 Å². The fraction of sp³-hybridized carbons (Fsp3) is 0.692. The lowest BCUT2D eigenvalue weighted by Crippen LogP contribution is -2.40. The molecule has 1 saturated carbocycles. The SMILES string of the molecule is CNCCc1ccc(S(=O)(=O)NC2CCCC2OC)s1. The van der Waals surface area contributed by atoms with Crippen molar-refractivity contribution in [3.8, 4) is 0 Å². The number of sulfonamides is 1. The summed E-state index contributed by atoms with van der Waals surface area (Å²) in [5.41, 5.74) is 0. The van der Waals surface area contributed by atoms with E-state index in [9.17, 15) is 8.42 Å². The van der Waals surface area contributed by atoms with E-state index < -0.39 is 10.0 Å². The predicted molar refractivity (Wildman–Crippen MR) is 80.7 cm³/mol. The minimum absolute atomic E-state index is 0.00602. The zero-order valence-corrected chi connectivity index (χ0v) is 13.5. The predicted octanol–water partition coefficient (Wildman–Crippen LogP) is 1.36. The number of nitrogens with one attached hydrogen (secondary N) is 2. The van der Waals surface area contributed by atoms with Crippen LogP contribution in [0.25, 0.3) is 0 Å². The van der Waals surface area contributed by atoms with Crippen LogP contribution in [-0.4, -0.2) is 41.3 Å². The number of hydrogen-bond donors (Lipinski definition) is 2. The van der Waals surface area contributed by atoms with Crippen LogP contribution in [0.1, 0.15) is 24.1 Å². The maximum Gasteiger partial charge on any atom is 0.250 e. The van der Waals surface area contributed by atoms with Crippen LogP contribution in [0, 0.1) is 0 Å². The normalized spacial score (nSPS) is 23.3. The standard InChI is InChI=1S/C13H22N2O3S2/c1-14-9-8-10-6-7-13(19-10)20(16,17)15-11-4-3-5-12(11)18-2/h6-7,11-12,14-15H,3-5,8-9H2,1-2H3. The second kappa shape index (κ2) is 7.00. The Morgan fingerprint density at radius 1 is 1.40 bits per heavy atom. The highest BCUT2D eigenvalue weighted by atomic mass is 32.2. The number of thiophene rings is 1. The number of methoxy groups -OCH3 is 1. The number of likely N-dealkylation sites (N-methyl/N-ethyl adjacent to an activating group) is 1. The van der Waals surface area contributed by atoms with Gasteiger partial charge in [0, 0.05) is 18.0 Å². The zero-order valence-electron chi connectivity index (χ0n) is 11.9. The molecular weight excluding hydrogens is 296 g/mol. The molecule has 0 aliphatic heterocycles. The Balaban J connectivity index is 2.04. The summed E-state index contributed by atoms with van der Waals surface area (Å²) in [4.78, 5) is 1.08. The van der Waals surface area contributed by atoms with Crippen molar-refractivity contribution >= 4 is 21.4 Å². The van der Waals surface area contributed by atoms with Gasteiger partial charge < -0.3 is 10.1 Å². The van der Waals surface area contributed by atoms with Crippen LogP contribution in [0.5, 0.6) is 0 Å². The third-order valence-electron chi connectivity index (χ3n) is 3.59. The summed E-state index contributed by atoms with van der Waals surface area (Å²) in [5, 5.41) is 3.06. The fourth-order valence-electron chi connectivity index (χ4n) is 2.49. The van der Waals surface area contributed by atoms with Gasteiger partial charge in [0.05, 0.1) is 6.10 Å². The maximum atomic E-state index is 12.4. The van der Waals surface area contributed by atoms with Crippen LogP contribution in [0.3, 0.4) is 0 Å². The first kappa shape index (κ1) is 15.9. The topological polar surface area (TPSA) is 67.4 Å². The fourth-order valence-corrected chi connectivity index (χ4v) is 5.16. The molecule has 0 saturated heterocycles. The second-order valence-electron chi connectivity index (χ2n) is 5.01. The Bertz CT molecular complexity index is 527. The highest BCUT2D eigenvalue weighted by Gasteiger charge is 2.31. The van der Waals surface area contributed by atoms with E-state index in [1.807, 2.05) is 13.1 Å². The van der Waals surface area contributed by atoms with E-state index in [2.05, 4.69) is 10.0 Å². The van der Waals surface area contributed by atoms with Crippen molar-refractivity contribution in [3.05, 3.63) is 17.0 Å². The minimum atomic E-state index is -3.42. The molecule has 2 atom stereocenters. The summed E-state index contributed by atoms with van der Waals surface area (Å²) in [6.07, 6.45) is 3.61. The van der Waals surface area contributed by atoms with Gasteiger partial charge in [-0.1, -0.05) is 0 Å². The summed E-state index contributed by atoms with van der Waals surface area (Å²) in [6.45, 7) is 0.849. The quantitative estimate of drug-likeness (QED) is 0.796. The molecule has 1 aliphatic rings. The molecule has 0 aromatic carbocycles. The number of ether oxygens (including phenoxy) is 1. The van der Waals surface area contributed by atoms with Gasteiger partial charge in [-0.3, -0.25) is 0 Å². The van der Waals surface area contributed by atoms with Gasteiger partial charge in [-0.05, 0) is 51.4 Å². The van der Waals surface area contributed by atoms with Crippen molar-refractivity contribution in [2.24, 2.45) is 0 Å². The van der Waals surface area contributed by atoms with Gasteiger partial charge in [-0.2, -0.15) is 0 Å². The minimum Gasteiger partial charge on any atom is -0.380 e. The number of hydrogen-bond acceptors (Lipinski definition) is 5. The molecule has 2 rings (SSSR count). The van der Waals surface area contributed by atoms with Gasteiger partial charge >= 0.3 is 0 Å². The molecule has 0 bridgehead atoms. The monoisotopic (exact) mass is 318 g/mol. The molecule has 2 N–H and O–H groups in total. The molecule has 20 heavy (non-hydrogen) atoms. The Morgan fingerprint density at radius 2 is 2.20 bits per heavy atom. The van der Waals surface area contributed by atoms with Crippen LogP contribution in [0.4, 0.5) is 0 Å². The molecule has 7 heteroatoms. The lowest BCUT2D eigenvalue weighted by atomic mass is 10.2. The van der Waals surface area contributed by atoms with E-state index in [0.717, 1.165) is 37.1 Å². The largest absolute Gasteiger partial charge is 0.380 e. The molecule has 0 amide bonds. The lowest BCUT2D eigenvalue weighted by molar-refractivity contribution is 0.0916. The summed E-state index contributed by atoms with van der Waals surface area (Å²) in [7, 11) is 0.101. The average molecular weight is 318 g/mol. The van der Waals surface area contributed by atoms with Crippen molar-refractivity contribution in [3.63, 3.8) is 0 Å². The molecule has 114 valence electrons. The van der Waals surface area contributed by atoms with Crippen molar-refractivity contribution < 1.29 is 13.2 Å². The van der Waals surface area contributed by atoms with E-state index in [4.69, 9.17) is 4.74 Å². The van der Waals surface area contributed by atoms with Crippen LogP contribution in [-0.2, 0) is 21.2 Å². The first-order valence-corrected chi connectivity index (χ1v) is 9.15. The van der Waals surface area contributed by atoms with Gasteiger partial charge in [0.1, 0.15) is 4.21 Å². The molecule has 2 unspecified atom stereocenters. The Morgan fingerprint density at radius 3 is 2.90 bits per heavy atom. The lowest BCUT2D eigenvalue weighted by Gasteiger charge is -2.18. The Hall–Kier alpha value is -0.470. The Kier molecular flexibility index (Phi) is 5.57. The summed E-state index contributed by atoms with van der Waals surface area (Å²) in [6, 6.07) is 3.47. The zero-order chi connectivity index (χ0) is 14.6. The summed E-state index contributed by atoms with van der Waals surface area (Å²) in [5.74, 6) is 0.